The molecule has 0 heterocycles. The fourth-order valence-electron chi connectivity index (χ4n) is 2.96. The Balaban J connectivity index is 2.13. The first-order valence-corrected chi connectivity index (χ1v) is 9.10. The van der Waals surface area contributed by atoms with Crippen molar-refractivity contribution < 1.29 is 9.59 Å². The number of carbonyl (C=O) groups excluding carboxylic acids is 2. The van der Waals surface area contributed by atoms with Crippen molar-refractivity contribution in [2.45, 2.75) is 33.6 Å². The number of rotatable bonds is 6. The van der Waals surface area contributed by atoms with Crippen LogP contribution in [0, 0.1) is 6.92 Å². The van der Waals surface area contributed by atoms with Gasteiger partial charge in [-0.3, -0.25) is 9.59 Å². The normalized spacial score (nSPS) is 10.7. The lowest BCUT2D eigenvalue weighted by Gasteiger charge is -2.27. The van der Waals surface area contributed by atoms with E-state index in [9.17, 15) is 9.59 Å². The predicted octanol–water partition coefficient (Wildman–Crippen LogP) is 4.55. The summed E-state index contributed by atoms with van der Waals surface area (Å²) in [5.74, 6) is 0.0517. The van der Waals surface area contributed by atoms with Crippen LogP contribution in [0.2, 0.25) is 5.02 Å². The third-order valence-corrected chi connectivity index (χ3v) is 4.48. The van der Waals surface area contributed by atoms with E-state index in [0.29, 0.717) is 29.6 Å². The minimum Gasteiger partial charge on any atom is -0.350 e. The molecule has 0 aliphatic rings. The highest BCUT2D eigenvalue weighted by Gasteiger charge is 2.19. The Morgan fingerprint density at radius 2 is 1.85 bits per heavy atom. The zero-order chi connectivity index (χ0) is 19.3. The van der Waals surface area contributed by atoms with E-state index in [2.05, 4.69) is 19.2 Å². The van der Waals surface area contributed by atoms with Crippen LogP contribution in [0.25, 0.3) is 0 Å². The Morgan fingerprint density at radius 1 is 1.15 bits per heavy atom. The Hall–Kier alpha value is -2.33. The molecule has 0 bridgehead atoms. The second-order valence-electron chi connectivity index (χ2n) is 6.60. The summed E-state index contributed by atoms with van der Waals surface area (Å²) >= 11 is 5.93. The molecule has 0 saturated heterocycles. The molecule has 0 unspecified atom stereocenters. The molecule has 2 aromatic carbocycles. The van der Waals surface area contributed by atoms with Crippen molar-refractivity contribution in [2.75, 3.05) is 18.0 Å². The lowest BCUT2D eigenvalue weighted by atomic mass is 9.97. The number of hydrogen-bond acceptors (Lipinski definition) is 2. The van der Waals surface area contributed by atoms with Gasteiger partial charge in [-0.05, 0) is 42.2 Å². The SMILES string of the molecule is CC(=O)N(CCNC(=O)c1cccc(Cl)c1)c1c(C)cccc1C(C)C. The Morgan fingerprint density at radius 3 is 2.46 bits per heavy atom. The van der Waals surface area contributed by atoms with Crippen molar-refractivity contribution in [2.24, 2.45) is 0 Å². The van der Waals surface area contributed by atoms with Gasteiger partial charge in [0.1, 0.15) is 0 Å². The van der Waals surface area contributed by atoms with E-state index in [4.69, 9.17) is 11.6 Å². The summed E-state index contributed by atoms with van der Waals surface area (Å²) in [5, 5.41) is 3.38. The van der Waals surface area contributed by atoms with Gasteiger partial charge in [0.25, 0.3) is 5.91 Å². The molecule has 26 heavy (non-hydrogen) atoms. The molecule has 0 aromatic heterocycles. The van der Waals surface area contributed by atoms with Crippen LogP contribution in [-0.2, 0) is 4.79 Å². The molecule has 0 aliphatic carbocycles. The summed E-state index contributed by atoms with van der Waals surface area (Å²) in [4.78, 5) is 26.3. The summed E-state index contributed by atoms with van der Waals surface area (Å²) in [7, 11) is 0. The molecule has 4 nitrogen and oxygen atoms in total. The highest BCUT2D eigenvalue weighted by molar-refractivity contribution is 6.30. The molecule has 0 atom stereocenters. The van der Waals surface area contributed by atoms with E-state index >= 15 is 0 Å². The number of halogens is 1. The molecule has 0 spiro atoms. The van der Waals surface area contributed by atoms with E-state index in [-0.39, 0.29) is 11.8 Å². The second kappa shape index (κ2) is 8.86. The largest absolute Gasteiger partial charge is 0.350 e. The van der Waals surface area contributed by atoms with Gasteiger partial charge in [-0.25, -0.2) is 0 Å². The third kappa shape index (κ3) is 4.85. The lowest BCUT2D eigenvalue weighted by molar-refractivity contribution is -0.116. The minimum atomic E-state index is -0.204. The van der Waals surface area contributed by atoms with E-state index in [0.717, 1.165) is 16.8 Å². The molecule has 2 rings (SSSR count). The van der Waals surface area contributed by atoms with E-state index < -0.39 is 0 Å². The van der Waals surface area contributed by atoms with Gasteiger partial charge >= 0.3 is 0 Å². The predicted molar refractivity (Wildman–Crippen MR) is 107 cm³/mol. The van der Waals surface area contributed by atoms with Crippen molar-refractivity contribution in [3.63, 3.8) is 0 Å². The topological polar surface area (TPSA) is 49.4 Å². The maximum atomic E-state index is 12.3. The van der Waals surface area contributed by atoms with Gasteiger partial charge in [-0.2, -0.15) is 0 Å². The monoisotopic (exact) mass is 372 g/mol. The lowest BCUT2D eigenvalue weighted by Crippen LogP contribution is -2.38. The number of benzene rings is 2. The van der Waals surface area contributed by atoms with E-state index in [1.54, 1.807) is 36.1 Å². The van der Waals surface area contributed by atoms with Crippen molar-refractivity contribution in [3.05, 3.63) is 64.2 Å². The average Bonchev–Trinajstić information content (AvgIpc) is 2.58. The van der Waals surface area contributed by atoms with Crippen molar-refractivity contribution in [3.8, 4) is 0 Å². The summed E-state index contributed by atoms with van der Waals surface area (Å²) in [5.41, 5.74) is 3.62. The Labute approximate surface area is 160 Å². The molecule has 0 fully saturated rings. The highest BCUT2D eigenvalue weighted by atomic mass is 35.5. The summed E-state index contributed by atoms with van der Waals surface area (Å²) < 4.78 is 0. The number of para-hydroxylation sites is 1. The molecule has 1 N–H and O–H groups in total. The van der Waals surface area contributed by atoms with Crippen LogP contribution in [0.15, 0.2) is 42.5 Å². The van der Waals surface area contributed by atoms with Crippen LogP contribution in [-0.4, -0.2) is 24.9 Å². The standard InChI is InChI=1S/C21H25ClN2O2/c1-14(2)19-10-5-7-15(3)20(19)24(16(4)25)12-11-23-21(26)17-8-6-9-18(22)13-17/h5-10,13-14H,11-12H2,1-4H3,(H,23,26). The molecule has 138 valence electrons. The van der Waals surface area contributed by atoms with Gasteiger partial charge in [-0.1, -0.05) is 49.7 Å². The number of hydrogen-bond donors (Lipinski definition) is 1. The number of aryl methyl sites for hydroxylation is 1. The van der Waals surface area contributed by atoms with Gasteiger partial charge in [0.15, 0.2) is 0 Å². The number of nitrogens with one attached hydrogen (secondary N) is 1. The maximum Gasteiger partial charge on any atom is 0.251 e. The van der Waals surface area contributed by atoms with Gasteiger partial charge in [-0.15, -0.1) is 0 Å². The quantitative estimate of drug-likeness (QED) is 0.808. The summed E-state index contributed by atoms with van der Waals surface area (Å²) in [6.45, 7) is 8.54. The number of carbonyl (C=O) groups is 2. The van der Waals surface area contributed by atoms with Crippen LogP contribution >= 0.6 is 11.6 Å². The second-order valence-corrected chi connectivity index (χ2v) is 7.04. The first kappa shape index (κ1) is 20.0. The summed E-state index contributed by atoms with van der Waals surface area (Å²) in [6, 6.07) is 12.9. The molecule has 0 radical (unpaired) electrons. The van der Waals surface area contributed by atoms with Gasteiger partial charge < -0.3 is 10.2 Å². The average molecular weight is 373 g/mol. The van der Waals surface area contributed by atoms with Crippen LogP contribution < -0.4 is 10.2 Å². The zero-order valence-corrected chi connectivity index (χ0v) is 16.4. The molecule has 0 saturated carbocycles. The van der Waals surface area contributed by atoms with Crippen molar-refractivity contribution >= 4 is 29.1 Å². The Bertz CT molecular complexity index is 802. The molecule has 2 amide bonds. The number of nitrogens with zero attached hydrogens (tertiary/aromatic N) is 1. The maximum absolute atomic E-state index is 12.3. The van der Waals surface area contributed by atoms with Crippen LogP contribution in [0.1, 0.15) is 48.2 Å². The Kier molecular flexibility index (Phi) is 6.81. The molecular weight excluding hydrogens is 348 g/mol. The van der Waals surface area contributed by atoms with Crippen LogP contribution in [0.3, 0.4) is 0 Å². The fourth-order valence-corrected chi connectivity index (χ4v) is 3.15. The molecule has 2 aromatic rings. The first-order valence-electron chi connectivity index (χ1n) is 8.72. The van der Waals surface area contributed by atoms with Gasteiger partial charge in [0.05, 0.1) is 5.69 Å². The minimum absolute atomic E-state index is 0.0433. The van der Waals surface area contributed by atoms with Crippen LogP contribution in [0.4, 0.5) is 5.69 Å². The summed E-state index contributed by atoms with van der Waals surface area (Å²) in [6.07, 6.45) is 0. The molecule has 0 aliphatic heterocycles. The van der Waals surface area contributed by atoms with Gasteiger partial charge in [0.2, 0.25) is 5.91 Å². The first-order chi connectivity index (χ1) is 12.3. The van der Waals surface area contributed by atoms with Gasteiger partial charge in [0, 0.05) is 30.6 Å². The molecular formula is C21H25ClN2O2. The van der Waals surface area contributed by atoms with E-state index in [1.165, 1.54) is 0 Å². The van der Waals surface area contributed by atoms with Crippen LogP contribution in [0.5, 0.6) is 0 Å². The van der Waals surface area contributed by atoms with Crippen molar-refractivity contribution in [1.29, 1.82) is 0 Å². The number of amides is 2. The third-order valence-electron chi connectivity index (χ3n) is 4.25. The number of anilines is 1. The fraction of sp³-hybridized carbons (Fsp3) is 0.333. The molecule has 5 heteroatoms. The zero-order valence-electron chi connectivity index (χ0n) is 15.7. The highest BCUT2D eigenvalue weighted by Crippen LogP contribution is 2.30. The smallest absolute Gasteiger partial charge is 0.251 e. The van der Waals surface area contributed by atoms with Crippen molar-refractivity contribution in [1.82, 2.24) is 5.32 Å². The van der Waals surface area contributed by atoms with E-state index in [1.807, 2.05) is 25.1 Å².